The van der Waals surface area contributed by atoms with Gasteiger partial charge in [0.05, 0.1) is 29.2 Å². The number of thioether (sulfide) groups is 1. The van der Waals surface area contributed by atoms with Gasteiger partial charge in [0.2, 0.25) is 11.7 Å². The number of nitrogens with zero attached hydrogens (tertiary/aromatic N) is 4. The molecule has 0 aliphatic carbocycles. The summed E-state index contributed by atoms with van der Waals surface area (Å²) < 4.78 is 12.4. The number of nitrogens with one attached hydrogen (secondary N) is 1. The lowest BCUT2D eigenvalue weighted by Gasteiger charge is -2.14. The molecule has 0 bridgehead atoms. The first-order chi connectivity index (χ1) is 14.4. The summed E-state index contributed by atoms with van der Waals surface area (Å²) in [6, 6.07) is 7.51. The Bertz CT molecular complexity index is 1060. The Balaban J connectivity index is 1.79. The third-order valence-corrected chi connectivity index (χ3v) is 5.15. The summed E-state index contributed by atoms with van der Waals surface area (Å²) in [6.45, 7) is 5.87. The zero-order valence-corrected chi connectivity index (χ0v) is 17.1. The average Bonchev–Trinajstić information content (AvgIpc) is 3.38. The van der Waals surface area contributed by atoms with Crippen molar-refractivity contribution in [2.45, 2.75) is 23.9 Å². The minimum absolute atomic E-state index is 0.153. The number of hydrogen-bond donors (Lipinski definition) is 1. The number of rotatable bonds is 9. The Morgan fingerprint density at radius 3 is 2.90 bits per heavy atom. The predicted molar refractivity (Wildman–Crippen MR) is 112 cm³/mol. The normalized spacial score (nSPS) is 11.7. The van der Waals surface area contributed by atoms with Gasteiger partial charge in [-0.2, -0.15) is 0 Å². The van der Waals surface area contributed by atoms with Crippen LogP contribution in [0.3, 0.4) is 0 Å². The van der Waals surface area contributed by atoms with E-state index in [9.17, 15) is 14.9 Å². The summed E-state index contributed by atoms with van der Waals surface area (Å²) in [6.07, 6.45) is 3.23. The average molecular weight is 429 g/mol. The largest absolute Gasteiger partial charge is 0.495 e. The van der Waals surface area contributed by atoms with Crippen molar-refractivity contribution in [3.8, 4) is 17.3 Å². The van der Waals surface area contributed by atoms with E-state index in [4.69, 9.17) is 9.15 Å². The van der Waals surface area contributed by atoms with E-state index in [-0.39, 0.29) is 17.3 Å². The highest BCUT2D eigenvalue weighted by Gasteiger charge is 2.23. The van der Waals surface area contributed by atoms with E-state index in [0.717, 1.165) is 0 Å². The molecule has 30 heavy (non-hydrogen) atoms. The van der Waals surface area contributed by atoms with Crippen molar-refractivity contribution in [1.29, 1.82) is 0 Å². The first-order valence-electron chi connectivity index (χ1n) is 8.82. The summed E-state index contributed by atoms with van der Waals surface area (Å²) in [5.74, 6) is 1.03. The van der Waals surface area contributed by atoms with Crippen molar-refractivity contribution in [2.24, 2.45) is 0 Å². The highest BCUT2D eigenvalue weighted by molar-refractivity contribution is 8.00. The molecule has 2 aromatic heterocycles. The predicted octanol–water partition coefficient (Wildman–Crippen LogP) is 3.76. The number of carbonyl (C=O) groups excluding carboxylic acids is 1. The zero-order valence-electron chi connectivity index (χ0n) is 16.3. The third-order valence-electron chi connectivity index (χ3n) is 4.07. The molecule has 0 aliphatic rings. The van der Waals surface area contributed by atoms with E-state index in [1.54, 1.807) is 29.7 Å². The smallest absolute Gasteiger partial charge is 0.271 e. The fourth-order valence-corrected chi connectivity index (χ4v) is 3.47. The number of allylic oxidation sites excluding steroid dienone is 1. The van der Waals surface area contributed by atoms with Crippen molar-refractivity contribution < 1.29 is 18.9 Å². The maximum absolute atomic E-state index is 12.7. The Labute approximate surface area is 176 Å². The van der Waals surface area contributed by atoms with Crippen LogP contribution in [0.25, 0.3) is 11.6 Å². The molecule has 0 fully saturated rings. The fraction of sp³-hybridized carbons (Fsp3) is 0.211. The standard InChI is InChI=1S/C19H19N5O5S/c1-4-9-23-17(16-6-5-10-29-16)21-22-19(23)30-12(2)18(25)20-14-11-13(24(26)27)7-8-15(14)28-3/h4-8,10-12H,1,9H2,2-3H3,(H,20,25). The number of ether oxygens (including phenoxy) is 1. The number of benzene rings is 1. The number of nitro groups is 1. The number of carbonyl (C=O) groups is 1. The number of non-ortho nitro benzene ring substituents is 1. The Kier molecular flexibility index (Phi) is 6.52. The number of anilines is 1. The van der Waals surface area contributed by atoms with Crippen LogP contribution >= 0.6 is 11.8 Å². The molecule has 0 saturated carbocycles. The van der Waals surface area contributed by atoms with Crippen LogP contribution in [0.1, 0.15) is 6.92 Å². The Hall–Kier alpha value is -3.60. The number of aromatic nitrogens is 3. The van der Waals surface area contributed by atoms with Gasteiger partial charge in [0, 0.05) is 18.7 Å². The van der Waals surface area contributed by atoms with E-state index in [1.165, 1.54) is 43.3 Å². The van der Waals surface area contributed by atoms with Crippen LogP contribution in [-0.2, 0) is 11.3 Å². The first-order valence-corrected chi connectivity index (χ1v) is 9.70. The molecular weight excluding hydrogens is 410 g/mol. The van der Waals surface area contributed by atoms with E-state index in [2.05, 4.69) is 22.1 Å². The SMILES string of the molecule is C=CCn1c(SC(C)C(=O)Nc2cc([N+](=O)[O-])ccc2OC)nnc1-c1ccco1. The van der Waals surface area contributed by atoms with Gasteiger partial charge in [0.1, 0.15) is 5.75 Å². The van der Waals surface area contributed by atoms with Gasteiger partial charge in [-0.05, 0) is 25.1 Å². The van der Waals surface area contributed by atoms with E-state index >= 15 is 0 Å². The topological polar surface area (TPSA) is 125 Å². The van der Waals surface area contributed by atoms with Crippen LogP contribution in [0.15, 0.2) is 58.8 Å². The molecule has 156 valence electrons. The first kappa shape index (κ1) is 21.1. The van der Waals surface area contributed by atoms with E-state index in [0.29, 0.717) is 29.0 Å². The van der Waals surface area contributed by atoms with Gasteiger partial charge in [-0.3, -0.25) is 19.5 Å². The maximum Gasteiger partial charge on any atom is 0.271 e. The zero-order chi connectivity index (χ0) is 21.7. The molecule has 1 amide bonds. The summed E-state index contributed by atoms with van der Waals surface area (Å²) in [4.78, 5) is 23.2. The number of hydrogen-bond acceptors (Lipinski definition) is 8. The van der Waals surface area contributed by atoms with Gasteiger partial charge < -0.3 is 14.5 Å². The van der Waals surface area contributed by atoms with Gasteiger partial charge in [0.15, 0.2) is 10.9 Å². The van der Waals surface area contributed by atoms with Gasteiger partial charge in [0.25, 0.3) is 5.69 Å². The molecular formula is C19H19N5O5S. The lowest BCUT2D eigenvalue weighted by atomic mass is 10.2. The number of methoxy groups -OCH3 is 1. The van der Waals surface area contributed by atoms with Crippen LogP contribution in [0, 0.1) is 10.1 Å². The van der Waals surface area contributed by atoms with Crippen molar-refractivity contribution in [2.75, 3.05) is 12.4 Å². The summed E-state index contributed by atoms with van der Waals surface area (Å²) in [5, 5.41) is 22.0. The molecule has 0 spiro atoms. The quantitative estimate of drug-likeness (QED) is 0.236. The summed E-state index contributed by atoms with van der Waals surface area (Å²) >= 11 is 1.19. The van der Waals surface area contributed by atoms with E-state index in [1.807, 2.05) is 0 Å². The molecule has 3 aromatic rings. The highest BCUT2D eigenvalue weighted by atomic mass is 32.2. The van der Waals surface area contributed by atoms with Crippen molar-refractivity contribution in [1.82, 2.24) is 14.8 Å². The maximum atomic E-state index is 12.7. The minimum Gasteiger partial charge on any atom is -0.495 e. The van der Waals surface area contributed by atoms with Crippen LogP contribution in [0.5, 0.6) is 5.75 Å². The second-order valence-electron chi connectivity index (χ2n) is 6.07. The molecule has 3 rings (SSSR count). The van der Waals surface area contributed by atoms with Crippen LogP contribution in [-0.4, -0.2) is 38.0 Å². The minimum atomic E-state index is -0.578. The van der Waals surface area contributed by atoms with Gasteiger partial charge in [-0.25, -0.2) is 0 Å². The molecule has 0 aliphatic heterocycles. The third kappa shape index (κ3) is 4.51. The lowest BCUT2D eigenvalue weighted by molar-refractivity contribution is -0.384. The molecule has 0 saturated heterocycles. The second-order valence-corrected chi connectivity index (χ2v) is 7.38. The Morgan fingerprint density at radius 1 is 1.47 bits per heavy atom. The number of furan rings is 1. The van der Waals surface area contributed by atoms with Crippen LogP contribution < -0.4 is 10.1 Å². The summed E-state index contributed by atoms with van der Waals surface area (Å²) in [7, 11) is 1.42. The van der Waals surface area contributed by atoms with Crippen molar-refractivity contribution in [3.63, 3.8) is 0 Å². The molecule has 0 radical (unpaired) electrons. The highest BCUT2D eigenvalue weighted by Crippen LogP contribution is 2.31. The molecule has 1 N–H and O–H groups in total. The van der Waals surface area contributed by atoms with Crippen LogP contribution in [0.4, 0.5) is 11.4 Å². The molecule has 10 nitrogen and oxygen atoms in total. The van der Waals surface area contributed by atoms with Gasteiger partial charge in [-0.15, -0.1) is 16.8 Å². The van der Waals surface area contributed by atoms with Gasteiger partial charge in [-0.1, -0.05) is 17.8 Å². The molecule has 1 unspecified atom stereocenters. The molecule has 1 atom stereocenters. The van der Waals surface area contributed by atoms with E-state index < -0.39 is 10.2 Å². The molecule has 2 heterocycles. The fourth-order valence-electron chi connectivity index (χ4n) is 2.61. The monoisotopic (exact) mass is 429 g/mol. The van der Waals surface area contributed by atoms with Crippen molar-refractivity contribution in [3.05, 3.63) is 59.4 Å². The Morgan fingerprint density at radius 2 is 2.27 bits per heavy atom. The van der Waals surface area contributed by atoms with Crippen molar-refractivity contribution >= 4 is 29.0 Å². The molecule has 11 heteroatoms. The molecule has 1 aromatic carbocycles. The number of nitro benzene ring substituents is 1. The second kappa shape index (κ2) is 9.27. The van der Waals surface area contributed by atoms with Gasteiger partial charge >= 0.3 is 0 Å². The lowest BCUT2D eigenvalue weighted by Crippen LogP contribution is -2.23. The number of amides is 1. The van der Waals surface area contributed by atoms with Crippen LogP contribution in [0.2, 0.25) is 0 Å². The summed E-state index contributed by atoms with van der Waals surface area (Å²) in [5.41, 5.74) is 0.0632.